The van der Waals surface area contributed by atoms with Crippen molar-refractivity contribution in [2.24, 2.45) is 0 Å². The van der Waals surface area contributed by atoms with E-state index in [-0.39, 0.29) is 26.4 Å². The van der Waals surface area contributed by atoms with E-state index in [2.05, 4.69) is 4.74 Å². The summed E-state index contributed by atoms with van der Waals surface area (Å²) < 4.78 is 91.3. The van der Waals surface area contributed by atoms with Gasteiger partial charge in [0.1, 0.15) is 12.4 Å². The van der Waals surface area contributed by atoms with Gasteiger partial charge in [0, 0.05) is 5.69 Å². The van der Waals surface area contributed by atoms with E-state index in [1.54, 1.807) is 24.3 Å². The molecule has 0 spiro atoms. The van der Waals surface area contributed by atoms with Crippen LogP contribution in [0.5, 0.6) is 11.5 Å². The number of carbonyl (C=O) groups excluding carboxylic acids is 1. The molecule has 0 aliphatic rings. The van der Waals surface area contributed by atoms with Crippen molar-refractivity contribution in [3.63, 3.8) is 0 Å². The molecule has 0 heterocycles. The molecule has 33 heavy (non-hydrogen) atoms. The summed E-state index contributed by atoms with van der Waals surface area (Å²) >= 11 is 0. The van der Waals surface area contributed by atoms with Crippen LogP contribution in [0.4, 0.5) is 27.6 Å². The standard InChI is InChI=1S/C21H22F5NO6/c22-16-17(23)19(25)21(20(26)18(16)24)33-15(28)5-6-29-7-8-30-9-10-31-11-12-32-14-3-1-13(27)2-4-14/h1-4H,5-12,27H2. The van der Waals surface area contributed by atoms with Gasteiger partial charge < -0.3 is 29.4 Å². The highest BCUT2D eigenvalue weighted by Gasteiger charge is 2.28. The Morgan fingerprint density at radius 1 is 0.667 bits per heavy atom. The van der Waals surface area contributed by atoms with E-state index in [1.807, 2.05) is 0 Å². The summed E-state index contributed by atoms with van der Waals surface area (Å²) in [4.78, 5) is 11.6. The van der Waals surface area contributed by atoms with Gasteiger partial charge in [0.25, 0.3) is 0 Å². The second-order valence-electron chi connectivity index (χ2n) is 6.38. The summed E-state index contributed by atoms with van der Waals surface area (Å²) in [5, 5.41) is 0. The molecule has 2 aromatic carbocycles. The summed E-state index contributed by atoms with van der Waals surface area (Å²) in [6, 6.07) is 6.94. The zero-order valence-electron chi connectivity index (χ0n) is 17.4. The molecule has 2 N–H and O–H groups in total. The Balaban J connectivity index is 1.48. The predicted octanol–water partition coefficient (Wildman–Crippen LogP) is 3.39. The second-order valence-corrected chi connectivity index (χ2v) is 6.38. The topological polar surface area (TPSA) is 89.2 Å². The summed E-state index contributed by atoms with van der Waals surface area (Å²) in [6.45, 7) is 1.38. The smallest absolute Gasteiger partial charge is 0.313 e. The number of benzene rings is 2. The summed E-state index contributed by atoms with van der Waals surface area (Å²) in [6.07, 6.45) is -0.476. The molecule has 7 nitrogen and oxygen atoms in total. The highest BCUT2D eigenvalue weighted by atomic mass is 19.2. The quantitative estimate of drug-likeness (QED) is 0.0845. The molecule has 0 aliphatic carbocycles. The lowest BCUT2D eigenvalue weighted by Crippen LogP contribution is -2.16. The first kappa shape index (κ1) is 26.3. The number of halogens is 5. The normalized spacial score (nSPS) is 10.9. The van der Waals surface area contributed by atoms with Crippen LogP contribution in [0.15, 0.2) is 24.3 Å². The van der Waals surface area contributed by atoms with Gasteiger partial charge in [-0.1, -0.05) is 0 Å². The van der Waals surface area contributed by atoms with Crippen molar-refractivity contribution in [3.05, 3.63) is 53.4 Å². The second kappa shape index (κ2) is 13.6. The third-order valence-electron chi connectivity index (χ3n) is 3.96. The Bertz CT molecular complexity index is 884. The minimum atomic E-state index is -2.34. The van der Waals surface area contributed by atoms with Gasteiger partial charge in [0.15, 0.2) is 0 Å². The molecule has 0 saturated heterocycles. The maximum Gasteiger partial charge on any atom is 0.313 e. The van der Waals surface area contributed by atoms with Crippen molar-refractivity contribution in [2.45, 2.75) is 6.42 Å². The van der Waals surface area contributed by atoms with Crippen LogP contribution in [0, 0.1) is 29.1 Å². The fraction of sp³-hybridized carbons (Fsp3) is 0.381. The minimum absolute atomic E-state index is 0.0933. The van der Waals surface area contributed by atoms with Gasteiger partial charge >= 0.3 is 5.97 Å². The summed E-state index contributed by atoms with van der Waals surface area (Å²) in [5.74, 6) is -13.4. The van der Waals surface area contributed by atoms with Crippen LogP contribution in [-0.4, -0.2) is 52.2 Å². The van der Waals surface area contributed by atoms with Gasteiger partial charge in [-0.15, -0.1) is 0 Å². The summed E-state index contributed by atoms with van der Waals surface area (Å²) in [5.41, 5.74) is 6.21. The van der Waals surface area contributed by atoms with Crippen LogP contribution >= 0.6 is 0 Å². The highest BCUT2D eigenvalue weighted by molar-refractivity contribution is 5.72. The lowest BCUT2D eigenvalue weighted by Gasteiger charge is -2.09. The molecular weight excluding hydrogens is 457 g/mol. The molecule has 12 heteroatoms. The molecule has 182 valence electrons. The van der Waals surface area contributed by atoms with E-state index in [0.717, 1.165) is 0 Å². The Morgan fingerprint density at radius 3 is 1.67 bits per heavy atom. The fourth-order valence-corrected chi connectivity index (χ4v) is 2.32. The average molecular weight is 479 g/mol. The number of ether oxygens (including phenoxy) is 5. The molecule has 0 unspecified atom stereocenters. The lowest BCUT2D eigenvalue weighted by molar-refractivity contribution is -0.136. The van der Waals surface area contributed by atoms with E-state index in [1.165, 1.54) is 0 Å². The van der Waals surface area contributed by atoms with E-state index >= 15 is 0 Å². The SMILES string of the molecule is Nc1ccc(OCCOCCOCCOCCC(=O)Oc2c(F)c(F)c(F)c(F)c2F)cc1. The molecular formula is C21H22F5NO6. The molecule has 0 radical (unpaired) electrons. The Kier molecular flexibility index (Phi) is 10.8. The van der Waals surface area contributed by atoms with Crippen molar-refractivity contribution in [2.75, 3.05) is 52.0 Å². The first-order chi connectivity index (χ1) is 15.8. The third kappa shape index (κ3) is 8.48. The molecule has 2 aromatic rings. The molecule has 0 bridgehead atoms. The van der Waals surface area contributed by atoms with Crippen molar-refractivity contribution >= 4 is 11.7 Å². The van der Waals surface area contributed by atoms with Gasteiger partial charge in [0.2, 0.25) is 34.8 Å². The maximum atomic E-state index is 13.4. The van der Waals surface area contributed by atoms with Crippen LogP contribution in [0.1, 0.15) is 6.42 Å². The highest BCUT2D eigenvalue weighted by Crippen LogP contribution is 2.29. The number of hydrogen-bond acceptors (Lipinski definition) is 7. The van der Waals surface area contributed by atoms with Crippen LogP contribution in [0.3, 0.4) is 0 Å². The van der Waals surface area contributed by atoms with Crippen LogP contribution in [0.2, 0.25) is 0 Å². The minimum Gasteiger partial charge on any atom is -0.491 e. The Hall–Kier alpha value is -2.96. The van der Waals surface area contributed by atoms with Crippen molar-refractivity contribution in [3.8, 4) is 11.5 Å². The Labute approximate surface area is 186 Å². The lowest BCUT2D eigenvalue weighted by atomic mass is 10.2. The van der Waals surface area contributed by atoms with E-state index < -0.39 is 47.2 Å². The summed E-state index contributed by atoms with van der Waals surface area (Å²) in [7, 11) is 0. The predicted molar refractivity (Wildman–Crippen MR) is 105 cm³/mol. The third-order valence-corrected chi connectivity index (χ3v) is 3.96. The molecule has 2 rings (SSSR count). The van der Waals surface area contributed by atoms with Gasteiger partial charge in [-0.3, -0.25) is 4.79 Å². The fourth-order valence-electron chi connectivity index (χ4n) is 2.32. The van der Waals surface area contributed by atoms with E-state index in [4.69, 9.17) is 24.7 Å². The number of nitrogen functional groups attached to an aromatic ring is 1. The van der Waals surface area contributed by atoms with E-state index in [0.29, 0.717) is 31.3 Å². The maximum absolute atomic E-state index is 13.4. The van der Waals surface area contributed by atoms with E-state index in [9.17, 15) is 26.7 Å². The first-order valence-electron chi connectivity index (χ1n) is 9.75. The molecule has 0 fully saturated rings. The molecule has 0 saturated carbocycles. The first-order valence-corrected chi connectivity index (χ1v) is 9.75. The van der Waals surface area contributed by atoms with Gasteiger partial charge in [0.05, 0.1) is 46.1 Å². The number of carbonyl (C=O) groups is 1. The number of esters is 1. The largest absolute Gasteiger partial charge is 0.491 e. The van der Waals surface area contributed by atoms with Crippen molar-refractivity contribution < 1.29 is 50.4 Å². The number of hydrogen-bond donors (Lipinski definition) is 1. The van der Waals surface area contributed by atoms with Crippen LogP contribution in [-0.2, 0) is 19.0 Å². The van der Waals surface area contributed by atoms with Crippen LogP contribution < -0.4 is 15.2 Å². The van der Waals surface area contributed by atoms with Crippen LogP contribution in [0.25, 0.3) is 0 Å². The molecule has 0 amide bonds. The zero-order valence-corrected chi connectivity index (χ0v) is 17.4. The zero-order chi connectivity index (χ0) is 24.2. The van der Waals surface area contributed by atoms with Gasteiger partial charge in [-0.2, -0.15) is 8.78 Å². The monoisotopic (exact) mass is 479 g/mol. The van der Waals surface area contributed by atoms with Crippen molar-refractivity contribution in [1.82, 2.24) is 0 Å². The van der Waals surface area contributed by atoms with Gasteiger partial charge in [-0.25, -0.2) is 13.2 Å². The number of rotatable bonds is 14. The Morgan fingerprint density at radius 2 is 1.12 bits per heavy atom. The van der Waals surface area contributed by atoms with Gasteiger partial charge in [-0.05, 0) is 24.3 Å². The molecule has 0 atom stereocenters. The number of nitrogens with two attached hydrogens (primary N) is 1. The molecule has 0 aromatic heterocycles. The average Bonchev–Trinajstić information content (AvgIpc) is 2.81. The molecule has 0 aliphatic heterocycles. The number of anilines is 1. The van der Waals surface area contributed by atoms with Crippen molar-refractivity contribution in [1.29, 1.82) is 0 Å².